The van der Waals surface area contributed by atoms with Crippen LogP contribution in [0.1, 0.15) is 18.0 Å². The topological polar surface area (TPSA) is 68.6 Å². The minimum Gasteiger partial charge on any atom is -0.497 e. The minimum atomic E-state index is -0.921. The zero-order valence-corrected chi connectivity index (χ0v) is 19.5. The highest BCUT2D eigenvalue weighted by Crippen LogP contribution is 2.40. The smallest absolute Gasteiger partial charge is 0.305 e. The number of para-hydroxylation sites is 1. The van der Waals surface area contributed by atoms with Gasteiger partial charge in [-0.15, -0.1) is 0 Å². The van der Waals surface area contributed by atoms with E-state index in [-0.39, 0.29) is 12.2 Å². The number of methoxy groups -OCH3 is 1. The molecule has 0 spiro atoms. The number of fused-ring (bicyclic) bond motifs is 1. The molecule has 0 radical (unpaired) electrons. The normalized spacial score (nSPS) is 17.6. The van der Waals surface area contributed by atoms with Crippen LogP contribution in [0.25, 0.3) is 0 Å². The molecule has 3 aromatic carbocycles. The number of aliphatic imine (C=N–C) groups is 1. The Morgan fingerprint density at radius 3 is 2.43 bits per heavy atom. The Labute approximate surface area is 203 Å². The number of hydrogen-bond donors (Lipinski definition) is 1. The summed E-state index contributed by atoms with van der Waals surface area (Å²) in [4.78, 5) is 23.2. The van der Waals surface area contributed by atoms with Crippen LogP contribution in [-0.2, 0) is 4.79 Å². The molecule has 1 N–H and O–H groups in total. The second-order valence-corrected chi connectivity index (χ2v) is 8.61. The largest absolute Gasteiger partial charge is 0.497 e. The Balaban J connectivity index is 1.49. The predicted octanol–water partition coefficient (Wildman–Crippen LogP) is 4.68. The van der Waals surface area contributed by atoms with Crippen molar-refractivity contribution in [2.24, 2.45) is 4.99 Å². The Morgan fingerprint density at radius 1 is 0.971 bits per heavy atom. The highest BCUT2D eigenvalue weighted by Gasteiger charge is 2.36. The minimum absolute atomic E-state index is 0.129. The van der Waals surface area contributed by atoms with E-state index in [1.54, 1.807) is 19.2 Å². The van der Waals surface area contributed by atoms with Crippen molar-refractivity contribution in [2.45, 2.75) is 12.5 Å². The van der Waals surface area contributed by atoms with Gasteiger partial charge in [0, 0.05) is 49.2 Å². The Kier molecular flexibility index (Phi) is 6.27. The van der Waals surface area contributed by atoms with Crippen LogP contribution in [0.4, 0.5) is 21.5 Å². The van der Waals surface area contributed by atoms with Gasteiger partial charge in [-0.1, -0.05) is 30.3 Å². The van der Waals surface area contributed by atoms with Crippen molar-refractivity contribution < 1.29 is 19.0 Å². The van der Waals surface area contributed by atoms with E-state index in [0.29, 0.717) is 24.7 Å². The van der Waals surface area contributed by atoms with Crippen molar-refractivity contribution in [3.63, 3.8) is 0 Å². The maximum Gasteiger partial charge on any atom is 0.305 e. The van der Waals surface area contributed by atoms with Crippen molar-refractivity contribution in [2.75, 3.05) is 43.1 Å². The van der Waals surface area contributed by atoms with E-state index in [1.807, 2.05) is 47.4 Å². The molecule has 0 aliphatic carbocycles. The van der Waals surface area contributed by atoms with E-state index in [4.69, 9.17) is 9.73 Å². The SMILES string of the molecule is COc1cccc(N2CCN(C3=Nc4ccccc4C(CC(=O)O)N3c3cccc(F)c3)CC2)c1. The molecule has 1 fully saturated rings. The van der Waals surface area contributed by atoms with E-state index in [2.05, 4.69) is 15.9 Å². The number of carboxylic acid groups (broad SMARTS) is 1. The fourth-order valence-electron chi connectivity index (χ4n) is 4.79. The third kappa shape index (κ3) is 4.64. The Hall–Kier alpha value is -4.07. The number of guanidine groups is 1. The molecule has 180 valence electrons. The van der Waals surface area contributed by atoms with Crippen LogP contribution in [0.2, 0.25) is 0 Å². The lowest BCUT2D eigenvalue weighted by atomic mass is 9.97. The summed E-state index contributed by atoms with van der Waals surface area (Å²) >= 11 is 0. The average molecular weight is 475 g/mol. The summed E-state index contributed by atoms with van der Waals surface area (Å²) in [6.07, 6.45) is -0.129. The maximum absolute atomic E-state index is 14.3. The zero-order chi connectivity index (χ0) is 24.4. The number of aliphatic carboxylic acids is 1. The van der Waals surface area contributed by atoms with Crippen LogP contribution in [0, 0.1) is 5.82 Å². The summed E-state index contributed by atoms with van der Waals surface area (Å²) < 4.78 is 19.6. The highest BCUT2D eigenvalue weighted by atomic mass is 19.1. The first-order chi connectivity index (χ1) is 17.0. The summed E-state index contributed by atoms with van der Waals surface area (Å²) in [6.45, 7) is 2.89. The average Bonchev–Trinajstić information content (AvgIpc) is 2.88. The number of carboxylic acids is 1. The first kappa shape index (κ1) is 22.7. The van der Waals surface area contributed by atoms with E-state index in [1.165, 1.54) is 12.1 Å². The molecule has 0 aromatic heterocycles. The molecule has 2 aliphatic rings. The molecular formula is C27H27FN4O3. The van der Waals surface area contributed by atoms with Crippen LogP contribution in [0.15, 0.2) is 77.8 Å². The molecule has 0 amide bonds. The number of halogens is 1. The third-order valence-corrected chi connectivity index (χ3v) is 6.48. The first-order valence-corrected chi connectivity index (χ1v) is 11.6. The number of carbonyl (C=O) groups is 1. The second kappa shape index (κ2) is 9.66. The summed E-state index contributed by atoms with van der Waals surface area (Å²) in [5.41, 5.74) is 3.24. The lowest BCUT2D eigenvalue weighted by Crippen LogP contribution is -2.55. The number of nitrogens with zero attached hydrogens (tertiary/aromatic N) is 4. The molecule has 5 rings (SSSR count). The first-order valence-electron chi connectivity index (χ1n) is 11.6. The molecule has 8 heteroatoms. The molecule has 1 saturated heterocycles. The monoisotopic (exact) mass is 474 g/mol. The van der Waals surface area contributed by atoms with E-state index < -0.39 is 12.0 Å². The van der Waals surface area contributed by atoms with Crippen LogP contribution in [0.3, 0.4) is 0 Å². The fraction of sp³-hybridized carbons (Fsp3) is 0.259. The van der Waals surface area contributed by atoms with Crippen molar-refractivity contribution >= 4 is 29.0 Å². The van der Waals surface area contributed by atoms with E-state index >= 15 is 0 Å². The van der Waals surface area contributed by atoms with E-state index in [0.717, 1.165) is 35.8 Å². The summed E-state index contributed by atoms with van der Waals surface area (Å²) in [5, 5.41) is 9.74. The quantitative estimate of drug-likeness (QED) is 0.579. The van der Waals surface area contributed by atoms with Gasteiger partial charge < -0.3 is 24.5 Å². The van der Waals surface area contributed by atoms with Gasteiger partial charge in [0.1, 0.15) is 11.6 Å². The number of anilines is 2. The van der Waals surface area contributed by atoms with Crippen molar-refractivity contribution in [3.8, 4) is 5.75 Å². The third-order valence-electron chi connectivity index (χ3n) is 6.48. The van der Waals surface area contributed by atoms with Crippen LogP contribution >= 0.6 is 0 Å². The molecule has 1 unspecified atom stereocenters. The highest BCUT2D eigenvalue weighted by molar-refractivity contribution is 6.01. The van der Waals surface area contributed by atoms with Gasteiger partial charge in [0.25, 0.3) is 0 Å². The van der Waals surface area contributed by atoms with Crippen molar-refractivity contribution in [1.29, 1.82) is 0 Å². The molecule has 1 atom stereocenters. The van der Waals surface area contributed by atoms with Gasteiger partial charge >= 0.3 is 5.97 Å². The standard InChI is InChI=1S/C27H27FN4O3/c1-35-22-9-5-7-20(17-22)30-12-14-31(15-13-30)27-29-24-11-3-2-10-23(24)25(18-26(33)34)32(27)21-8-4-6-19(28)16-21/h2-11,16-17,25H,12-15,18H2,1H3,(H,33,34). The Bertz CT molecular complexity index is 1260. The molecule has 7 nitrogen and oxygen atoms in total. The summed E-state index contributed by atoms with van der Waals surface area (Å²) in [7, 11) is 1.66. The van der Waals surface area contributed by atoms with Gasteiger partial charge in [-0.05, 0) is 36.4 Å². The molecule has 3 aromatic rings. The molecule has 0 bridgehead atoms. The van der Waals surface area contributed by atoms with Crippen LogP contribution < -0.4 is 14.5 Å². The number of piperazine rings is 1. The predicted molar refractivity (Wildman–Crippen MR) is 134 cm³/mol. The molecule has 2 heterocycles. The summed E-state index contributed by atoms with van der Waals surface area (Å²) in [6, 6.07) is 21.3. The molecule has 35 heavy (non-hydrogen) atoms. The lowest BCUT2D eigenvalue weighted by Gasteiger charge is -2.45. The molecular weight excluding hydrogens is 447 g/mol. The van der Waals surface area contributed by atoms with Gasteiger partial charge in [-0.25, -0.2) is 9.38 Å². The number of hydrogen-bond acceptors (Lipinski definition) is 6. The van der Waals surface area contributed by atoms with Gasteiger partial charge in [0.15, 0.2) is 0 Å². The number of ether oxygens (including phenoxy) is 1. The second-order valence-electron chi connectivity index (χ2n) is 8.61. The van der Waals surface area contributed by atoms with Crippen molar-refractivity contribution in [1.82, 2.24) is 4.90 Å². The van der Waals surface area contributed by atoms with Gasteiger partial charge in [-0.2, -0.15) is 0 Å². The summed E-state index contributed by atoms with van der Waals surface area (Å²) in [5.74, 6) is 0.158. The number of benzene rings is 3. The van der Waals surface area contributed by atoms with Crippen molar-refractivity contribution in [3.05, 3.63) is 84.2 Å². The van der Waals surface area contributed by atoms with Crippen LogP contribution in [0.5, 0.6) is 5.75 Å². The zero-order valence-electron chi connectivity index (χ0n) is 19.5. The van der Waals surface area contributed by atoms with Gasteiger partial charge in [0.2, 0.25) is 5.96 Å². The fourth-order valence-corrected chi connectivity index (χ4v) is 4.79. The van der Waals surface area contributed by atoms with Crippen LogP contribution in [-0.4, -0.2) is 55.2 Å². The van der Waals surface area contributed by atoms with E-state index in [9.17, 15) is 14.3 Å². The Morgan fingerprint density at radius 2 is 1.69 bits per heavy atom. The maximum atomic E-state index is 14.3. The van der Waals surface area contributed by atoms with Gasteiger partial charge in [0.05, 0.1) is 25.3 Å². The van der Waals surface area contributed by atoms with Gasteiger partial charge in [-0.3, -0.25) is 4.79 Å². The molecule has 2 aliphatic heterocycles. The molecule has 0 saturated carbocycles. The lowest BCUT2D eigenvalue weighted by molar-refractivity contribution is -0.137. The number of rotatable bonds is 5.